The number of imidazole rings is 1. The van der Waals surface area contributed by atoms with Crippen molar-refractivity contribution in [1.29, 1.82) is 0 Å². The summed E-state index contributed by atoms with van der Waals surface area (Å²) in [6.07, 6.45) is 2.34. The smallest absolute Gasteiger partial charge is 0.414 e. The maximum absolute atomic E-state index is 12.5. The molecule has 3 aromatic rings. The van der Waals surface area contributed by atoms with E-state index in [-0.39, 0.29) is 12.1 Å². The molecule has 0 bridgehead atoms. The quantitative estimate of drug-likeness (QED) is 0.553. The molecule has 1 aromatic heterocycles. The third kappa shape index (κ3) is 4.49. The zero-order valence-corrected chi connectivity index (χ0v) is 20.3. The first-order valence-electron chi connectivity index (χ1n) is 11.9. The van der Waals surface area contributed by atoms with Gasteiger partial charge in [-0.1, -0.05) is 30.3 Å². The molecule has 6 nitrogen and oxygen atoms in total. The lowest BCUT2D eigenvalue weighted by Crippen LogP contribution is -2.42. The molecule has 0 aliphatic carbocycles. The molecule has 1 fully saturated rings. The Morgan fingerprint density at radius 1 is 1.12 bits per heavy atom. The Morgan fingerprint density at radius 2 is 1.91 bits per heavy atom. The Hall–Kier alpha value is -2.51. The molecular formula is C26H32N4O2S. The van der Waals surface area contributed by atoms with Crippen molar-refractivity contribution in [2.75, 3.05) is 43.1 Å². The lowest BCUT2D eigenvalue weighted by atomic mass is 9.96. The van der Waals surface area contributed by atoms with Crippen LogP contribution in [0.25, 0.3) is 11.0 Å². The van der Waals surface area contributed by atoms with Crippen molar-refractivity contribution in [2.24, 2.45) is 0 Å². The van der Waals surface area contributed by atoms with Gasteiger partial charge in [0, 0.05) is 55.7 Å². The lowest BCUT2D eigenvalue weighted by Gasteiger charge is -2.34. The summed E-state index contributed by atoms with van der Waals surface area (Å²) < 4.78 is 7.50. The fourth-order valence-corrected chi connectivity index (χ4v) is 6.06. The van der Waals surface area contributed by atoms with Crippen molar-refractivity contribution in [3.63, 3.8) is 0 Å². The number of carbonyl (C=O) groups is 1. The molecule has 5 rings (SSSR count). The van der Waals surface area contributed by atoms with Crippen LogP contribution in [0.5, 0.6) is 0 Å². The number of thioether (sulfide) groups is 1. The molecule has 0 N–H and O–H groups in total. The van der Waals surface area contributed by atoms with Crippen molar-refractivity contribution >= 4 is 34.6 Å². The Balaban J connectivity index is 1.55. The minimum Gasteiger partial charge on any atom is -0.452 e. The number of carbonyl (C=O) groups excluding carboxylic acids is 1. The highest BCUT2D eigenvalue weighted by Crippen LogP contribution is 2.36. The Morgan fingerprint density at radius 3 is 2.67 bits per heavy atom. The van der Waals surface area contributed by atoms with E-state index in [4.69, 9.17) is 9.72 Å². The van der Waals surface area contributed by atoms with Gasteiger partial charge < -0.3 is 9.30 Å². The van der Waals surface area contributed by atoms with Crippen molar-refractivity contribution in [1.82, 2.24) is 14.5 Å². The number of anilines is 1. The largest absolute Gasteiger partial charge is 0.452 e. The number of hydrogen-bond donors (Lipinski definition) is 0. The van der Waals surface area contributed by atoms with Gasteiger partial charge in [-0.3, -0.25) is 9.80 Å². The summed E-state index contributed by atoms with van der Waals surface area (Å²) in [4.78, 5) is 22.1. The van der Waals surface area contributed by atoms with Gasteiger partial charge in [-0.25, -0.2) is 9.78 Å². The summed E-state index contributed by atoms with van der Waals surface area (Å²) in [5.41, 5.74) is 5.58. The zero-order chi connectivity index (χ0) is 22.8. The maximum Gasteiger partial charge on any atom is 0.414 e. The second-order valence-electron chi connectivity index (χ2n) is 8.95. The van der Waals surface area contributed by atoms with Gasteiger partial charge in [0.2, 0.25) is 0 Å². The molecule has 174 valence electrons. The summed E-state index contributed by atoms with van der Waals surface area (Å²) in [5.74, 6) is 3.53. The van der Waals surface area contributed by atoms with Crippen molar-refractivity contribution in [2.45, 2.75) is 38.8 Å². The number of aryl methyl sites for hydroxylation is 1. The van der Waals surface area contributed by atoms with Crippen LogP contribution >= 0.6 is 11.8 Å². The number of nitrogens with zero attached hydrogens (tertiary/aromatic N) is 4. The number of benzene rings is 2. The van der Waals surface area contributed by atoms with Crippen LogP contribution in [0.4, 0.5) is 10.5 Å². The van der Waals surface area contributed by atoms with Crippen molar-refractivity contribution < 1.29 is 9.53 Å². The topological polar surface area (TPSA) is 50.6 Å². The van der Waals surface area contributed by atoms with Crippen LogP contribution in [0.2, 0.25) is 0 Å². The summed E-state index contributed by atoms with van der Waals surface area (Å²) in [6, 6.07) is 14.9. The Bertz CT molecular complexity index is 1120. The van der Waals surface area contributed by atoms with E-state index in [1.165, 1.54) is 35.3 Å². The van der Waals surface area contributed by atoms with Gasteiger partial charge >= 0.3 is 6.09 Å². The highest BCUT2D eigenvalue weighted by molar-refractivity contribution is 7.99. The van der Waals surface area contributed by atoms with Crippen LogP contribution in [-0.4, -0.2) is 64.8 Å². The Labute approximate surface area is 199 Å². The average Bonchev–Trinajstić information content (AvgIpc) is 3.20. The molecule has 2 aliphatic heterocycles. The molecule has 1 saturated heterocycles. The molecule has 0 unspecified atom stereocenters. The number of aromatic nitrogens is 2. The fourth-order valence-electron chi connectivity index (χ4n) is 5.08. The minimum absolute atomic E-state index is 0.116. The maximum atomic E-state index is 12.5. The molecule has 3 heterocycles. The number of rotatable bonds is 5. The summed E-state index contributed by atoms with van der Waals surface area (Å²) >= 11 is 2.05. The molecule has 1 atom stereocenters. The number of hydrogen-bond acceptors (Lipinski definition) is 5. The summed E-state index contributed by atoms with van der Waals surface area (Å²) in [6.45, 7) is 6.37. The van der Waals surface area contributed by atoms with Gasteiger partial charge in [0.05, 0.1) is 23.8 Å². The third-order valence-corrected chi connectivity index (χ3v) is 7.85. The Kier molecular flexibility index (Phi) is 6.60. The van der Waals surface area contributed by atoms with E-state index < -0.39 is 0 Å². The highest BCUT2D eigenvalue weighted by Gasteiger charge is 2.31. The molecule has 2 aromatic carbocycles. The highest BCUT2D eigenvalue weighted by atomic mass is 32.2. The molecular weight excluding hydrogens is 432 g/mol. The van der Waals surface area contributed by atoms with E-state index in [1.807, 2.05) is 11.8 Å². The van der Waals surface area contributed by atoms with E-state index in [1.54, 1.807) is 4.90 Å². The molecule has 2 aliphatic rings. The molecule has 7 heteroatoms. The number of amides is 1. The number of fused-ring (bicyclic) bond motifs is 3. The SMILES string of the molecule is COC(=O)N1c2ccc3c(nc(Cc4ccccc4)n3CCN3CCSCC3)c2CC[C@@H]1C. The minimum atomic E-state index is -0.297. The predicted molar refractivity (Wildman–Crippen MR) is 135 cm³/mol. The second kappa shape index (κ2) is 9.77. The van der Waals surface area contributed by atoms with Crippen molar-refractivity contribution in [3.05, 3.63) is 59.4 Å². The normalized spacial score (nSPS) is 19.0. The monoisotopic (exact) mass is 464 g/mol. The first-order valence-corrected chi connectivity index (χ1v) is 13.0. The van der Waals surface area contributed by atoms with Gasteiger partial charge in [-0.2, -0.15) is 11.8 Å². The fraction of sp³-hybridized carbons (Fsp3) is 0.462. The molecule has 33 heavy (non-hydrogen) atoms. The van der Waals surface area contributed by atoms with Gasteiger partial charge in [-0.05, 0) is 37.5 Å². The first-order chi connectivity index (χ1) is 16.2. The molecule has 0 saturated carbocycles. The van der Waals surface area contributed by atoms with Crippen LogP contribution in [0, 0.1) is 0 Å². The third-order valence-electron chi connectivity index (χ3n) is 6.91. The van der Waals surface area contributed by atoms with E-state index in [0.29, 0.717) is 0 Å². The standard InChI is InChI=1S/C26H32N4O2S/c1-19-8-9-21-22(30(19)26(31)32-2)10-11-23-25(21)27-24(18-20-6-4-3-5-7-20)29(23)13-12-28-14-16-33-17-15-28/h3-7,10-11,19H,8-9,12-18H2,1-2H3/t19-/m0/s1. The first kappa shape index (κ1) is 22.3. The van der Waals surface area contributed by atoms with Crippen molar-refractivity contribution in [3.8, 4) is 0 Å². The number of ether oxygens (including phenoxy) is 1. The van der Waals surface area contributed by atoms with Gasteiger partial charge in [-0.15, -0.1) is 0 Å². The number of methoxy groups -OCH3 is 1. The summed E-state index contributed by atoms with van der Waals surface area (Å²) in [5, 5.41) is 0. The van der Waals surface area contributed by atoms with Crippen LogP contribution in [0.15, 0.2) is 42.5 Å². The molecule has 0 radical (unpaired) electrons. The average molecular weight is 465 g/mol. The van der Waals surface area contributed by atoms with E-state index in [2.05, 4.69) is 58.9 Å². The van der Waals surface area contributed by atoms with Crippen LogP contribution in [-0.2, 0) is 24.1 Å². The van der Waals surface area contributed by atoms with Gasteiger partial charge in [0.1, 0.15) is 5.82 Å². The second-order valence-corrected chi connectivity index (χ2v) is 10.2. The van der Waals surface area contributed by atoms with E-state index >= 15 is 0 Å². The summed E-state index contributed by atoms with van der Waals surface area (Å²) in [7, 11) is 1.45. The predicted octanol–water partition coefficient (Wildman–Crippen LogP) is 4.58. The van der Waals surface area contributed by atoms with Gasteiger partial charge in [0.25, 0.3) is 0 Å². The molecule has 1 amide bonds. The van der Waals surface area contributed by atoms with Gasteiger partial charge in [0.15, 0.2) is 0 Å². The van der Waals surface area contributed by atoms with Crippen LogP contribution in [0.1, 0.15) is 30.3 Å². The van der Waals surface area contributed by atoms with E-state index in [9.17, 15) is 4.79 Å². The van der Waals surface area contributed by atoms with E-state index in [0.717, 1.165) is 62.5 Å². The van der Waals surface area contributed by atoms with Crippen LogP contribution < -0.4 is 4.90 Å². The molecule has 0 spiro atoms. The zero-order valence-electron chi connectivity index (χ0n) is 19.5. The van der Waals surface area contributed by atoms with Crippen LogP contribution in [0.3, 0.4) is 0 Å². The lowest BCUT2D eigenvalue weighted by molar-refractivity contribution is 0.175.